The van der Waals surface area contributed by atoms with Crippen molar-refractivity contribution in [2.75, 3.05) is 12.8 Å². The molecule has 0 bridgehead atoms. The minimum absolute atomic E-state index is 0.0424. The highest BCUT2D eigenvalue weighted by Crippen LogP contribution is 2.17. The first-order valence-corrected chi connectivity index (χ1v) is 8.02. The second-order valence-electron chi connectivity index (χ2n) is 3.21. The van der Waals surface area contributed by atoms with Crippen LogP contribution in [0, 0.1) is 0 Å². The predicted octanol–water partition coefficient (Wildman–Crippen LogP) is 0.607. The second kappa shape index (κ2) is 5.48. The molecule has 0 aliphatic rings. The lowest BCUT2D eigenvalue weighted by Crippen LogP contribution is -2.31. The first-order valence-electron chi connectivity index (χ1n) is 4.46. The molecule has 0 fully saturated rings. The van der Waals surface area contributed by atoms with Crippen molar-refractivity contribution in [1.29, 1.82) is 0 Å². The van der Waals surface area contributed by atoms with Gasteiger partial charge in [0.15, 0.2) is 4.60 Å². The van der Waals surface area contributed by atoms with Crippen molar-refractivity contribution in [3.63, 3.8) is 0 Å². The third-order valence-corrected chi connectivity index (χ3v) is 5.24. The summed E-state index contributed by atoms with van der Waals surface area (Å²) in [7, 11) is -2.02. The minimum atomic E-state index is -3.56. The number of sulfonamides is 1. The third-order valence-electron chi connectivity index (χ3n) is 1.95. The fraction of sp³-hybridized carbons (Fsp3) is 0.714. The van der Waals surface area contributed by atoms with Gasteiger partial charge in [-0.2, -0.15) is 11.8 Å². The Morgan fingerprint density at radius 1 is 1.62 bits per heavy atom. The summed E-state index contributed by atoms with van der Waals surface area (Å²) in [4.78, 5) is 0. The Kier molecular flexibility index (Phi) is 4.77. The van der Waals surface area contributed by atoms with Crippen molar-refractivity contribution >= 4 is 37.7 Å². The van der Waals surface area contributed by atoms with E-state index in [1.807, 2.05) is 13.2 Å². The normalized spacial score (nSPS) is 14.0. The third kappa shape index (κ3) is 3.19. The van der Waals surface area contributed by atoms with Gasteiger partial charge in [-0.1, -0.05) is 12.1 Å². The number of nitrogens with zero attached hydrogens (tertiary/aromatic N) is 3. The number of aromatic nitrogens is 3. The summed E-state index contributed by atoms with van der Waals surface area (Å²) in [6.45, 7) is 2.32. The Hall–Kier alpha value is -0.120. The quantitative estimate of drug-likeness (QED) is 0.856. The summed E-state index contributed by atoms with van der Waals surface area (Å²) in [6, 6.07) is 0. The highest BCUT2D eigenvalue weighted by molar-refractivity contribution is 9.10. The fourth-order valence-corrected chi connectivity index (χ4v) is 3.56. The van der Waals surface area contributed by atoms with E-state index >= 15 is 0 Å². The number of hydrogen-bond acceptors (Lipinski definition) is 5. The van der Waals surface area contributed by atoms with Crippen LogP contribution in [0.1, 0.15) is 6.92 Å². The molecule has 0 aliphatic heterocycles. The molecule has 1 heterocycles. The topological polar surface area (TPSA) is 76.9 Å². The van der Waals surface area contributed by atoms with Crippen molar-refractivity contribution in [3.8, 4) is 0 Å². The van der Waals surface area contributed by atoms with Crippen molar-refractivity contribution < 1.29 is 8.42 Å². The standard InChI is InChI=1S/C7H13BrN4O2S2/c1-5(15-3)4-9-16(13,14)7-6(8)10-11-12(7)2/h5,9H,4H2,1-3H3. The maximum atomic E-state index is 11.9. The highest BCUT2D eigenvalue weighted by Gasteiger charge is 2.23. The molecule has 1 aromatic rings. The van der Waals surface area contributed by atoms with Gasteiger partial charge in [-0.05, 0) is 22.2 Å². The van der Waals surface area contributed by atoms with Gasteiger partial charge < -0.3 is 0 Å². The summed E-state index contributed by atoms with van der Waals surface area (Å²) < 4.78 is 27.8. The average Bonchev–Trinajstić information content (AvgIpc) is 2.55. The lowest BCUT2D eigenvalue weighted by Gasteiger charge is -2.10. The van der Waals surface area contributed by atoms with Crippen LogP contribution in [0.15, 0.2) is 9.63 Å². The Morgan fingerprint density at radius 3 is 2.69 bits per heavy atom. The van der Waals surface area contributed by atoms with Gasteiger partial charge >= 0.3 is 0 Å². The summed E-state index contributed by atoms with van der Waals surface area (Å²) in [5.74, 6) is 0. The smallest absolute Gasteiger partial charge is 0.235 e. The van der Waals surface area contributed by atoms with Gasteiger partial charge in [0.25, 0.3) is 10.0 Å². The van der Waals surface area contributed by atoms with Crippen LogP contribution in [0.25, 0.3) is 0 Å². The van der Waals surface area contributed by atoms with Gasteiger partial charge in [0.1, 0.15) is 0 Å². The van der Waals surface area contributed by atoms with Crippen LogP contribution in [-0.4, -0.2) is 41.5 Å². The van der Waals surface area contributed by atoms with Crippen molar-refractivity contribution in [1.82, 2.24) is 19.7 Å². The van der Waals surface area contributed by atoms with E-state index in [1.165, 1.54) is 11.7 Å². The number of aryl methyl sites for hydroxylation is 1. The summed E-state index contributed by atoms with van der Waals surface area (Å²) in [6.07, 6.45) is 1.93. The first kappa shape index (κ1) is 13.9. The molecule has 1 N–H and O–H groups in total. The number of hydrogen-bond donors (Lipinski definition) is 1. The Labute approximate surface area is 107 Å². The van der Waals surface area contributed by atoms with Crippen LogP contribution in [0.4, 0.5) is 0 Å². The van der Waals surface area contributed by atoms with E-state index in [0.29, 0.717) is 6.54 Å². The number of rotatable bonds is 5. The van der Waals surface area contributed by atoms with Gasteiger partial charge in [0.2, 0.25) is 5.03 Å². The summed E-state index contributed by atoms with van der Waals surface area (Å²) in [5.41, 5.74) is 0. The molecule has 1 atom stereocenters. The molecular formula is C7H13BrN4O2S2. The van der Waals surface area contributed by atoms with Crippen LogP contribution in [0.3, 0.4) is 0 Å². The minimum Gasteiger partial charge on any atom is -0.235 e. The van der Waals surface area contributed by atoms with Crippen LogP contribution in [-0.2, 0) is 17.1 Å². The lowest BCUT2D eigenvalue weighted by atomic mass is 10.5. The van der Waals surface area contributed by atoms with Crippen molar-refractivity contribution in [3.05, 3.63) is 4.60 Å². The average molecular weight is 329 g/mol. The van der Waals surface area contributed by atoms with Crippen LogP contribution < -0.4 is 4.72 Å². The van der Waals surface area contributed by atoms with Gasteiger partial charge in [-0.15, -0.1) is 5.10 Å². The highest BCUT2D eigenvalue weighted by atomic mass is 79.9. The molecular weight excluding hydrogens is 316 g/mol. The van der Waals surface area contributed by atoms with E-state index in [4.69, 9.17) is 0 Å². The largest absolute Gasteiger partial charge is 0.260 e. The molecule has 6 nitrogen and oxygen atoms in total. The molecule has 16 heavy (non-hydrogen) atoms. The van der Waals surface area contributed by atoms with E-state index in [9.17, 15) is 8.42 Å². The van der Waals surface area contributed by atoms with Gasteiger partial charge in [0.05, 0.1) is 0 Å². The molecule has 0 saturated carbocycles. The molecule has 0 spiro atoms. The summed E-state index contributed by atoms with van der Waals surface area (Å²) in [5, 5.41) is 7.52. The Morgan fingerprint density at radius 2 is 2.25 bits per heavy atom. The molecule has 0 aliphatic carbocycles. The Bertz CT molecular complexity index is 439. The molecule has 92 valence electrons. The molecule has 0 amide bonds. The van der Waals surface area contributed by atoms with Crippen molar-refractivity contribution in [2.45, 2.75) is 17.2 Å². The SMILES string of the molecule is CSC(C)CNS(=O)(=O)c1c(Br)nnn1C. The molecule has 1 rings (SSSR count). The maximum absolute atomic E-state index is 11.9. The van der Waals surface area contributed by atoms with Gasteiger partial charge in [0, 0.05) is 18.8 Å². The molecule has 0 saturated heterocycles. The lowest BCUT2D eigenvalue weighted by molar-refractivity contribution is 0.560. The Balaban J connectivity index is 2.87. The van der Waals surface area contributed by atoms with Crippen molar-refractivity contribution in [2.24, 2.45) is 7.05 Å². The molecule has 1 aromatic heterocycles. The zero-order valence-corrected chi connectivity index (χ0v) is 12.4. The summed E-state index contributed by atoms with van der Waals surface area (Å²) >= 11 is 4.65. The molecule has 9 heteroatoms. The maximum Gasteiger partial charge on any atom is 0.260 e. The molecule has 0 aromatic carbocycles. The number of thioether (sulfide) groups is 1. The van der Waals surface area contributed by atoms with Crippen LogP contribution >= 0.6 is 27.7 Å². The van der Waals surface area contributed by atoms with E-state index in [2.05, 4.69) is 31.0 Å². The zero-order chi connectivity index (χ0) is 12.3. The van der Waals surface area contributed by atoms with E-state index < -0.39 is 10.0 Å². The van der Waals surface area contributed by atoms with E-state index in [-0.39, 0.29) is 14.9 Å². The van der Waals surface area contributed by atoms with Crippen LogP contribution in [0.2, 0.25) is 0 Å². The monoisotopic (exact) mass is 328 g/mol. The molecule has 0 radical (unpaired) electrons. The number of nitrogens with one attached hydrogen (secondary N) is 1. The number of halogens is 1. The molecule has 1 unspecified atom stereocenters. The van der Waals surface area contributed by atoms with Gasteiger partial charge in [-0.3, -0.25) is 0 Å². The van der Waals surface area contributed by atoms with Gasteiger partial charge in [-0.25, -0.2) is 17.8 Å². The first-order chi connectivity index (χ1) is 7.38. The van der Waals surface area contributed by atoms with E-state index in [0.717, 1.165) is 0 Å². The fourth-order valence-electron chi connectivity index (χ4n) is 0.987. The van der Waals surface area contributed by atoms with E-state index in [1.54, 1.807) is 11.8 Å². The second-order valence-corrected chi connectivity index (χ2v) is 6.92. The zero-order valence-electron chi connectivity index (χ0n) is 9.14. The predicted molar refractivity (Wildman–Crippen MR) is 66.9 cm³/mol. The van der Waals surface area contributed by atoms with Crippen LogP contribution in [0.5, 0.6) is 0 Å².